The lowest BCUT2D eigenvalue weighted by atomic mass is 10.1. The summed E-state index contributed by atoms with van der Waals surface area (Å²) in [6.45, 7) is 0.265. The third-order valence-electron chi connectivity index (χ3n) is 4.30. The van der Waals surface area contributed by atoms with Crippen LogP contribution >= 0.6 is 15.9 Å². The number of methoxy groups -OCH3 is 1. The van der Waals surface area contributed by atoms with Gasteiger partial charge in [-0.1, -0.05) is 0 Å². The molecule has 2 aromatic rings. The molecule has 1 saturated heterocycles. The Balaban J connectivity index is 1.69. The number of nitrogens with one attached hydrogen (secondary N) is 1. The van der Waals surface area contributed by atoms with Crippen molar-refractivity contribution in [1.82, 2.24) is 0 Å². The van der Waals surface area contributed by atoms with E-state index in [0.29, 0.717) is 21.6 Å². The number of non-ortho nitro benzene ring substituents is 1. The van der Waals surface area contributed by atoms with Crippen LogP contribution in [-0.2, 0) is 9.59 Å². The lowest BCUT2D eigenvalue weighted by molar-refractivity contribution is -0.384. The van der Waals surface area contributed by atoms with Crippen molar-refractivity contribution in [3.63, 3.8) is 0 Å². The Bertz CT molecular complexity index is 900. The topological polar surface area (TPSA) is 102 Å². The first-order valence-corrected chi connectivity index (χ1v) is 8.87. The van der Waals surface area contributed by atoms with Gasteiger partial charge in [0.25, 0.3) is 5.69 Å². The van der Waals surface area contributed by atoms with Crippen LogP contribution in [0, 0.1) is 16.0 Å². The van der Waals surface area contributed by atoms with Crippen molar-refractivity contribution in [3.05, 3.63) is 57.1 Å². The lowest BCUT2D eigenvalue weighted by Gasteiger charge is -2.17. The molecule has 0 aromatic heterocycles. The maximum absolute atomic E-state index is 12.5. The second-order valence-electron chi connectivity index (χ2n) is 6.01. The van der Waals surface area contributed by atoms with Crippen LogP contribution in [0.5, 0.6) is 5.75 Å². The average Bonchev–Trinajstić information content (AvgIpc) is 3.05. The number of carbonyl (C=O) groups is 2. The highest BCUT2D eigenvalue weighted by Gasteiger charge is 2.35. The molecule has 1 heterocycles. The van der Waals surface area contributed by atoms with E-state index in [9.17, 15) is 19.7 Å². The molecule has 1 fully saturated rings. The quantitative estimate of drug-likeness (QED) is 0.575. The number of anilines is 2. The summed E-state index contributed by atoms with van der Waals surface area (Å²) in [6.07, 6.45) is 0.0997. The normalized spacial score (nSPS) is 16.3. The molecule has 0 bridgehead atoms. The molecule has 1 aliphatic heterocycles. The maximum Gasteiger partial charge on any atom is 0.270 e. The van der Waals surface area contributed by atoms with E-state index in [2.05, 4.69) is 21.2 Å². The Morgan fingerprint density at radius 3 is 2.59 bits per heavy atom. The van der Waals surface area contributed by atoms with Gasteiger partial charge in [0.05, 0.1) is 23.6 Å². The third-order valence-corrected chi connectivity index (χ3v) is 4.96. The van der Waals surface area contributed by atoms with E-state index in [0.717, 1.165) is 0 Å². The number of amides is 2. The van der Waals surface area contributed by atoms with Gasteiger partial charge in [0.1, 0.15) is 5.75 Å². The van der Waals surface area contributed by atoms with E-state index in [1.54, 1.807) is 36.3 Å². The molecule has 0 radical (unpaired) electrons. The highest BCUT2D eigenvalue weighted by molar-refractivity contribution is 9.10. The summed E-state index contributed by atoms with van der Waals surface area (Å²) in [5.74, 6) is -0.276. The SMILES string of the molecule is COc1ccc(N2C[C@@H](C(=O)Nc3ccc([N+](=O)[O-])cc3Br)CC2=O)cc1. The van der Waals surface area contributed by atoms with Gasteiger partial charge in [0.15, 0.2) is 0 Å². The molecule has 9 heteroatoms. The molecule has 1 atom stereocenters. The zero-order chi connectivity index (χ0) is 19.6. The second kappa shape index (κ2) is 7.75. The minimum absolute atomic E-state index is 0.0819. The fraction of sp³-hybridized carbons (Fsp3) is 0.222. The number of rotatable bonds is 5. The van der Waals surface area contributed by atoms with Crippen LogP contribution in [0.1, 0.15) is 6.42 Å². The molecule has 3 rings (SSSR count). The Morgan fingerprint density at radius 2 is 2.00 bits per heavy atom. The number of carbonyl (C=O) groups excluding carboxylic acids is 2. The first-order chi connectivity index (χ1) is 12.9. The van der Waals surface area contributed by atoms with Crippen molar-refractivity contribution >= 4 is 44.8 Å². The summed E-state index contributed by atoms with van der Waals surface area (Å²) in [4.78, 5) is 36.7. The minimum Gasteiger partial charge on any atom is -0.497 e. The first kappa shape index (κ1) is 18.8. The van der Waals surface area contributed by atoms with Gasteiger partial charge in [-0.15, -0.1) is 0 Å². The average molecular weight is 434 g/mol. The van der Waals surface area contributed by atoms with E-state index in [1.165, 1.54) is 18.2 Å². The Kier molecular flexibility index (Phi) is 5.41. The highest BCUT2D eigenvalue weighted by Crippen LogP contribution is 2.30. The van der Waals surface area contributed by atoms with Crippen LogP contribution in [0.25, 0.3) is 0 Å². The first-order valence-electron chi connectivity index (χ1n) is 8.08. The largest absolute Gasteiger partial charge is 0.497 e. The van der Waals surface area contributed by atoms with Gasteiger partial charge in [0.2, 0.25) is 11.8 Å². The van der Waals surface area contributed by atoms with Crippen molar-refractivity contribution in [1.29, 1.82) is 0 Å². The van der Waals surface area contributed by atoms with E-state index >= 15 is 0 Å². The maximum atomic E-state index is 12.5. The number of ether oxygens (including phenoxy) is 1. The molecule has 0 unspecified atom stereocenters. The van der Waals surface area contributed by atoms with Gasteiger partial charge in [0, 0.05) is 35.3 Å². The Hall–Kier alpha value is -2.94. The number of hydrogen-bond donors (Lipinski definition) is 1. The van der Waals surface area contributed by atoms with Gasteiger partial charge >= 0.3 is 0 Å². The number of halogens is 1. The Morgan fingerprint density at radius 1 is 1.30 bits per heavy atom. The van der Waals surface area contributed by atoms with Gasteiger partial charge in [-0.25, -0.2) is 0 Å². The monoisotopic (exact) mass is 433 g/mol. The van der Waals surface area contributed by atoms with Gasteiger partial charge in [-0.3, -0.25) is 19.7 Å². The summed E-state index contributed by atoms with van der Waals surface area (Å²) in [5, 5.41) is 13.5. The number of hydrogen-bond acceptors (Lipinski definition) is 5. The molecule has 8 nitrogen and oxygen atoms in total. The molecule has 0 saturated carbocycles. The summed E-state index contributed by atoms with van der Waals surface area (Å²) in [7, 11) is 1.56. The van der Waals surface area contributed by atoms with Crippen molar-refractivity contribution in [2.24, 2.45) is 5.92 Å². The highest BCUT2D eigenvalue weighted by atomic mass is 79.9. The van der Waals surface area contributed by atoms with E-state index in [-0.39, 0.29) is 30.5 Å². The molecule has 140 valence electrons. The number of nitrogens with zero attached hydrogens (tertiary/aromatic N) is 2. The summed E-state index contributed by atoms with van der Waals surface area (Å²) >= 11 is 3.22. The zero-order valence-electron chi connectivity index (χ0n) is 14.3. The zero-order valence-corrected chi connectivity index (χ0v) is 15.9. The summed E-state index contributed by atoms with van der Waals surface area (Å²) < 4.78 is 5.51. The molecular weight excluding hydrogens is 418 g/mol. The molecule has 0 spiro atoms. The van der Waals surface area contributed by atoms with Gasteiger partial charge in [-0.2, -0.15) is 0 Å². The molecule has 2 aromatic carbocycles. The van der Waals surface area contributed by atoms with Crippen LogP contribution < -0.4 is 15.0 Å². The van der Waals surface area contributed by atoms with Crippen LogP contribution in [0.3, 0.4) is 0 Å². The van der Waals surface area contributed by atoms with Gasteiger partial charge in [-0.05, 0) is 46.3 Å². The van der Waals surface area contributed by atoms with Crippen molar-refractivity contribution in [3.8, 4) is 5.75 Å². The molecule has 27 heavy (non-hydrogen) atoms. The van der Waals surface area contributed by atoms with Crippen molar-refractivity contribution in [2.75, 3.05) is 23.9 Å². The molecule has 0 aliphatic carbocycles. The fourth-order valence-corrected chi connectivity index (χ4v) is 3.31. The van der Waals surface area contributed by atoms with Crippen LogP contribution in [0.2, 0.25) is 0 Å². The predicted molar refractivity (Wildman–Crippen MR) is 103 cm³/mol. The van der Waals surface area contributed by atoms with Crippen LogP contribution in [0.4, 0.5) is 17.1 Å². The van der Waals surface area contributed by atoms with E-state index in [4.69, 9.17) is 4.74 Å². The van der Waals surface area contributed by atoms with Crippen molar-refractivity contribution in [2.45, 2.75) is 6.42 Å². The standard InChI is InChI=1S/C18H16BrN3O5/c1-27-14-5-2-12(3-6-14)21-10-11(8-17(21)23)18(24)20-16-7-4-13(22(25)26)9-15(16)19/h2-7,9,11H,8,10H2,1H3,(H,20,24)/t11-/m0/s1. The van der Waals surface area contributed by atoms with Crippen LogP contribution in [0.15, 0.2) is 46.9 Å². The minimum atomic E-state index is -0.515. The van der Waals surface area contributed by atoms with Gasteiger partial charge < -0.3 is 15.0 Å². The van der Waals surface area contributed by atoms with E-state index < -0.39 is 10.8 Å². The molecule has 1 N–H and O–H groups in total. The summed E-state index contributed by atoms with van der Waals surface area (Å²) in [6, 6.07) is 11.1. The number of nitro benzene ring substituents is 1. The van der Waals surface area contributed by atoms with E-state index in [1.807, 2.05) is 0 Å². The number of benzene rings is 2. The predicted octanol–water partition coefficient (Wildman–Crippen LogP) is 3.36. The second-order valence-corrected chi connectivity index (χ2v) is 6.87. The molecular formula is C18H16BrN3O5. The Labute approximate surface area is 163 Å². The van der Waals surface area contributed by atoms with Crippen molar-refractivity contribution < 1.29 is 19.2 Å². The fourth-order valence-electron chi connectivity index (χ4n) is 2.85. The number of nitro groups is 1. The lowest BCUT2D eigenvalue weighted by Crippen LogP contribution is -2.28. The van der Waals surface area contributed by atoms with Crippen LogP contribution in [-0.4, -0.2) is 30.4 Å². The third kappa shape index (κ3) is 4.08. The molecule has 1 aliphatic rings. The summed E-state index contributed by atoms with van der Waals surface area (Å²) in [5.41, 5.74) is 1.04. The smallest absolute Gasteiger partial charge is 0.270 e. The molecule has 2 amide bonds.